The molecule has 31 heavy (non-hydrogen) atoms. The Morgan fingerprint density at radius 3 is 2.32 bits per heavy atom. The lowest BCUT2D eigenvalue weighted by atomic mass is 9.75. The Bertz CT molecular complexity index is 812. The molecule has 0 aliphatic carbocycles. The van der Waals surface area contributed by atoms with Gasteiger partial charge >= 0.3 is 0 Å². The van der Waals surface area contributed by atoms with E-state index < -0.39 is 5.41 Å². The number of hydrogen-bond acceptors (Lipinski definition) is 6. The lowest BCUT2D eigenvalue weighted by molar-refractivity contribution is -0.143. The Morgan fingerprint density at radius 2 is 1.68 bits per heavy atom. The predicted octanol–water partition coefficient (Wildman–Crippen LogP) is 1.16. The quantitative estimate of drug-likeness (QED) is 0.524. The highest BCUT2D eigenvalue weighted by Crippen LogP contribution is 2.43. The normalized spacial score (nSPS) is 22.4. The second-order valence-corrected chi connectivity index (χ2v) is 8.38. The van der Waals surface area contributed by atoms with Crippen LogP contribution in [0.2, 0.25) is 5.02 Å². The van der Waals surface area contributed by atoms with Crippen LogP contribution in [0.5, 0.6) is 0 Å². The number of piperazine rings is 1. The van der Waals surface area contributed by atoms with Gasteiger partial charge < -0.3 is 14.4 Å². The van der Waals surface area contributed by atoms with Crippen LogP contribution in [0.25, 0.3) is 0 Å². The molecule has 0 spiro atoms. The van der Waals surface area contributed by atoms with E-state index in [1.807, 2.05) is 0 Å². The number of methoxy groups -OCH3 is 2. The van der Waals surface area contributed by atoms with Gasteiger partial charge in [0.15, 0.2) is 0 Å². The summed E-state index contributed by atoms with van der Waals surface area (Å²) in [6, 6.07) is 6.97. The summed E-state index contributed by atoms with van der Waals surface area (Å²) < 4.78 is 10.2. The standard InChI is InChI=1S/C22H30ClN3O5/c1-30-13-11-24-7-9-25(10-8-24)19(27)15-22(17-5-3-4-6-18(17)23)16-20(28)26(21(22)29)12-14-31-2/h3-6H,7-16H2,1-2H3/t22-/m0/s1. The number of halogens is 1. The van der Waals surface area contributed by atoms with Gasteiger partial charge in [-0.25, -0.2) is 0 Å². The zero-order valence-electron chi connectivity index (χ0n) is 18.1. The Hall–Kier alpha value is -2.00. The van der Waals surface area contributed by atoms with Crippen LogP contribution in [0.3, 0.4) is 0 Å². The molecule has 0 aromatic heterocycles. The van der Waals surface area contributed by atoms with Gasteiger partial charge in [0.25, 0.3) is 0 Å². The van der Waals surface area contributed by atoms with Crippen LogP contribution in [0.4, 0.5) is 0 Å². The fourth-order valence-corrected chi connectivity index (χ4v) is 4.63. The highest BCUT2D eigenvalue weighted by atomic mass is 35.5. The first-order valence-corrected chi connectivity index (χ1v) is 10.9. The van der Waals surface area contributed by atoms with Crippen molar-refractivity contribution in [3.8, 4) is 0 Å². The summed E-state index contributed by atoms with van der Waals surface area (Å²) in [7, 11) is 3.19. The van der Waals surface area contributed by atoms with Gasteiger partial charge in [-0.2, -0.15) is 0 Å². The number of carbonyl (C=O) groups is 3. The summed E-state index contributed by atoms with van der Waals surface area (Å²) in [6.45, 7) is 4.54. The minimum atomic E-state index is -1.28. The molecular weight excluding hydrogens is 422 g/mol. The molecule has 2 fully saturated rings. The molecule has 1 atom stereocenters. The molecule has 3 amide bonds. The van der Waals surface area contributed by atoms with Gasteiger partial charge in [-0.15, -0.1) is 0 Å². The largest absolute Gasteiger partial charge is 0.383 e. The maximum atomic E-state index is 13.5. The van der Waals surface area contributed by atoms with E-state index in [0.29, 0.717) is 30.3 Å². The van der Waals surface area contributed by atoms with Crippen molar-refractivity contribution in [2.24, 2.45) is 0 Å². The molecule has 0 unspecified atom stereocenters. The summed E-state index contributed by atoms with van der Waals surface area (Å²) >= 11 is 6.45. The van der Waals surface area contributed by atoms with Crippen LogP contribution in [0.1, 0.15) is 18.4 Å². The molecule has 3 rings (SSSR count). The number of amides is 3. The van der Waals surface area contributed by atoms with Crippen LogP contribution >= 0.6 is 11.6 Å². The first-order valence-electron chi connectivity index (χ1n) is 10.5. The lowest BCUT2D eigenvalue weighted by Gasteiger charge is -2.36. The number of likely N-dealkylation sites (tertiary alicyclic amines) is 1. The fourth-order valence-electron chi connectivity index (χ4n) is 4.31. The highest BCUT2D eigenvalue weighted by Gasteiger charge is 2.54. The van der Waals surface area contributed by atoms with Gasteiger partial charge in [0.2, 0.25) is 17.7 Å². The van der Waals surface area contributed by atoms with Crippen molar-refractivity contribution in [1.29, 1.82) is 0 Å². The molecule has 170 valence electrons. The van der Waals surface area contributed by atoms with Gasteiger partial charge in [0.05, 0.1) is 25.2 Å². The number of rotatable bonds is 9. The number of ether oxygens (including phenoxy) is 2. The van der Waals surface area contributed by atoms with E-state index in [1.165, 1.54) is 12.0 Å². The summed E-state index contributed by atoms with van der Waals surface area (Å²) in [5.41, 5.74) is -0.755. The molecule has 9 heteroatoms. The molecule has 2 saturated heterocycles. The first kappa shape index (κ1) is 23.7. The molecule has 8 nitrogen and oxygen atoms in total. The van der Waals surface area contributed by atoms with Crippen LogP contribution in [0.15, 0.2) is 24.3 Å². The summed E-state index contributed by atoms with van der Waals surface area (Å²) in [6.07, 6.45) is -0.151. The zero-order valence-corrected chi connectivity index (χ0v) is 18.9. The van der Waals surface area contributed by atoms with Crippen molar-refractivity contribution < 1.29 is 23.9 Å². The van der Waals surface area contributed by atoms with Crippen molar-refractivity contribution in [2.75, 3.05) is 66.7 Å². The molecule has 2 aliphatic heterocycles. The van der Waals surface area contributed by atoms with Crippen LogP contribution < -0.4 is 0 Å². The van der Waals surface area contributed by atoms with Gasteiger partial charge in [0.1, 0.15) is 0 Å². The number of hydrogen-bond donors (Lipinski definition) is 0. The molecular formula is C22H30ClN3O5. The Morgan fingerprint density at radius 1 is 1.03 bits per heavy atom. The lowest BCUT2D eigenvalue weighted by Crippen LogP contribution is -2.51. The van der Waals surface area contributed by atoms with Gasteiger partial charge in [0, 0.05) is 64.8 Å². The Balaban J connectivity index is 1.81. The summed E-state index contributed by atoms with van der Waals surface area (Å²) in [4.78, 5) is 44.7. The molecule has 0 radical (unpaired) electrons. The maximum Gasteiger partial charge on any atom is 0.241 e. The minimum Gasteiger partial charge on any atom is -0.383 e. The average Bonchev–Trinajstić information content (AvgIpc) is 3.01. The molecule has 0 bridgehead atoms. The third-order valence-corrected chi connectivity index (χ3v) is 6.44. The summed E-state index contributed by atoms with van der Waals surface area (Å²) in [5, 5.41) is 0.384. The number of benzene rings is 1. The van der Waals surface area contributed by atoms with E-state index in [-0.39, 0.29) is 43.7 Å². The smallest absolute Gasteiger partial charge is 0.241 e. The van der Waals surface area contributed by atoms with E-state index in [9.17, 15) is 14.4 Å². The molecule has 2 heterocycles. The SMILES string of the molecule is COCCN1CCN(C(=O)C[C@@]2(c3ccccc3Cl)CC(=O)N(CCOC)C2=O)CC1. The van der Waals surface area contributed by atoms with Gasteiger partial charge in [-0.1, -0.05) is 29.8 Å². The van der Waals surface area contributed by atoms with Crippen LogP contribution in [-0.4, -0.2) is 99.1 Å². The number of carbonyl (C=O) groups excluding carboxylic acids is 3. The fraction of sp³-hybridized carbons (Fsp3) is 0.591. The van der Waals surface area contributed by atoms with Gasteiger partial charge in [-0.05, 0) is 11.6 Å². The topological polar surface area (TPSA) is 79.4 Å². The van der Waals surface area contributed by atoms with Crippen LogP contribution in [0, 0.1) is 0 Å². The zero-order chi connectivity index (χ0) is 22.4. The molecule has 2 aliphatic rings. The van der Waals surface area contributed by atoms with Crippen molar-refractivity contribution in [1.82, 2.24) is 14.7 Å². The first-order chi connectivity index (χ1) is 14.9. The van der Waals surface area contributed by atoms with Crippen molar-refractivity contribution in [2.45, 2.75) is 18.3 Å². The van der Waals surface area contributed by atoms with E-state index in [2.05, 4.69) is 4.90 Å². The highest BCUT2D eigenvalue weighted by molar-refractivity contribution is 6.32. The monoisotopic (exact) mass is 451 g/mol. The second-order valence-electron chi connectivity index (χ2n) is 7.97. The number of imide groups is 1. The Labute approximate surface area is 188 Å². The van der Waals surface area contributed by atoms with Crippen molar-refractivity contribution in [3.63, 3.8) is 0 Å². The maximum absolute atomic E-state index is 13.5. The number of nitrogens with zero attached hydrogens (tertiary/aromatic N) is 3. The molecule has 0 saturated carbocycles. The van der Waals surface area contributed by atoms with E-state index in [0.717, 1.165) is 19.6 Å². The predicted molar refractivity (Wildman–Crippen MR) is 116 cm³/mol. The minimum absolute atomic E-state index is 0.0706. The van der Waals surface area contributed by atoms with Crippen LogP contribution in [-0.2, 0) is 29.3 Å². The molecule has 1 aromatic rings. The van der Waals surface area contributed by atoms with Gasteiger partial charge in [-0.3, -0.25) is 24.2 Å². The third kappa shape index (κ3) is 5.09. The molecule has 0 N–H and O–H groups in total. The Kier molecular flexibility index (Phi) is 8.05. The van der Waals surface area contributed by atoms with Crippen molar-refractivity contribution in [3.05, 3.63) is 34.9 Å². The van der Waals surface area contributed by atoms with E-state index >= 15 is 0 Å². The van der Waals surface area contributed by atoms with Crippen molar-refractivity contribution >= 4 is 29.3 Å². The molecule has 1 aromatic carbocycles. The average molecular weight is 452 g/mol. The van der Waals surface area contributed by atoms with E-state index in [4.69, 9.17) is 21.1 Å². The van der Waals surface area contributed by atoms with E-state index in [1.54, 1.807) is 36.3 Å². The second kappa shape index (κ2) is 10.5. The summed E-state index contributed by atoms with van der Waals surface area (Å²) in [5.74, 6) is -0.824. The third-order valence-electron chi connectivity index (χ3n) is 6.11.